The van der Waals surface area contributed by atoms with E-state index in [9.17, 15) is 8.42 Å². The number of anilines is 1. The van der Waals surface area contributed by atoms with Crippen molar-refractivity contribution in [1.29, 1.82) is 0 Å². The number of hydrogen-bond donors (Lipinski definition) is 1. The Bertz CT molecular complexity index is 838. The van der Waals surface area contributed by atoms with Crippen molar-refractivity contribution >= 4 is 26.8 Å². The second kappa shape index (κ2) is 6.56. The summed E-state index contributed by atoms with van der Waals surface area (Å²) in [6.45, 7) is 4.80. The van der Waals surface area contributed by atoms with Crippen LogP contribution in [0.25, 0.3) is 10.9 Å². The highest BCUT2D eigenvalue weighted by Gasteiger charge is 2.32. The number of aromatic nitrogens is 1. The highest BCUT2D eigenvalue weighted by Crippen LogP contribution is 2.38. The average Bonchev–Trinajstić information content (AvgIpc) is 3.22. The van der Waals surface area contributed by atoms with Crippen molar-refractivity contribution in [2.75, 3.05) is 38.2 Å². The molecular weight excluding hydrogens is 330 g/mol. The molecule has 1 N–H and O–H groups in total. The van der Waals surface area contributed by atoms with E-state index in [1.165, 1.54) is 22.7 Å². The van der Waals surface area contributed by atoms with Crippen LogP contribution >= 0.6 is 0 Å². The van der Waals surface area contributed by atoms with Gasteiger partial charge in [0.2, 0.25) is 0 Å². The molecule has 0 saturated carbocycles. The summed E-state index contributed by atoms with van der Waals surface area (Å²) >= 11 is 0. The van der Waals surface area contributed by atoms with Crippen molar-refractivity contribution < 1.29 is 17.9 Å². The lowest BCUT2D eigenvalue weighted by Crippen LogP contribution is -2.41. The van der Waals surface area contributed by atoms with E-state index in [-0.39, 0.29) is 6.54 Å². The van der Waals surface area contributed by atoms with Crippen LogP contribution in [0.2, 0.25) is 0 Å². The van der Waals surface area contributed by atoms with Gasteiger partial charge in [0.1, 0.15) is 0 Å². The lowest BCUT2D eigenvalue weighted by Gasteiger charge is -2.29. The predicted molar refractivity (Wildman–Crippen MR) is 93.1 cm³/mol. The first-order valence-electron chi connectivity index (χ1n) is 7.61. The zero-order valence-corrected chi connectivity index (χ0v) is 14.5. The fourth-order valence-corrected chi connectivity index (χ4v) is 3.86. The second-order valence-corrected chi connectivity index (χ2v) is 7.70. The maximum atomic E-state index is 12.9. The number of H-pyrrole nitrogens is 1. The van der Waals surface area contributed by atoms with E-state index >= 15 is 0 Å². The van der Waals surface area contributed by atoms with E-state index in [4.69, 9.17) is 9.47 Å². The Morgan fingerprint density at radius 2 is 2.00 bits per heavy atom. The normalized spacial score (nSPS) is 16.1. The number of rotatable bonds is 6. The summed E-state index contributed by atoms with van der Waals surface area (Å²) in [4.78, 5) is 3.13. The zero-order chi connectivity index (χ0) is 17.3. The Morgan fingerprint density at radius 3 is 2.62 bits per heavy atom. The molecule has 1 aromatic carbocycles. The Balaban J connectivity index is 2.25. The molecule has 0 atom stereocenters. The van der Waals surface area contributed by atoms with Crippen LogP contribution < -0.4 is 4.31 Å². The molecule has 1 fully saturated rings. The van der Waals surface area contributed by atoms with Gasteiger partial charge in [-0.2, -0.15) is 12.7 Å². The van der Waals surface area contributed by atoms with E-state index in [1.54, 1.807) is 12.3 Å². The summed E-state index contributed by atoms with van der Waals surface area (Å²) in [6, 6.07) is 5.67. The summed E-state index contributed by atoms with van der Waals surface area (Å²) < 4.78 is 39.4. The molecule has 1 aromatic heterocycles. The van der Waals surface area contributed by atoms with Gasteiger partial charge in [-0.15, -0.1) is 6.58 Å². The maximum absolute atomic E-state index is 12.9. The van der Waals surface area contributed by atoms with Crippen LogP contribution in [0, 0.1) is 0 Å². The van der Waals surface area contributed by atoms with E-state index in [2.05, 4.69) is 11.6 Å². The van der Waals surface area contributed by atoms with E-state index in [1.807, 2.05) is 18.2 Å². The smallest absolute Gasteiger partial charge is 0.303 e. The van der Waals surface area contributed by atoms with Crippen molar-refractivity contribution in [1.82, 2.24) is 9.29 Å². The van der Waals surface area contributed by atoms with Crippen LogP contribution in [0.1, 0.15) is 11.9 Å². The average molecular weight is 351 g/mol. The highest BCUT2D eigenvalue weighted by molar-refractivity contribution is 7.90. The lowest BCUT2D eigenvalue weighted by atomic mass is 10.1. The Labute approximate surface area is 141 Å². The minimum absolute atomic E-state index is 0.137. The van der Waals surface area contributed by atoms with Gasteiger partial charge in [0.25, 0.3) is 0 Å². The fourth-order valence-electron chi connectivity index (χ4n) is 2.74. The molecule has 3 rings (SSSR count). The second-order valence-electron chi connectivity index (χ2n) is 5.63. The standard InChI is InChI=1S/C16H21N3O4S/c1-4-9-19(24(20,21)18(2)3)15-13(16-22-10-11-23-16)6-5-12-7-8-17-14(12)15/h4-8,16-17H,1,9-11H2,2-3H3. The van der Waals surface area contributed by atoms with Crippen LogP contribution in [0.3, 0.4) is 0 Å². The molecule has 24 heavy (non-hydrogen) atoms. The van der Waals surface area contributed by atoms with Gasteiger partial charge in [-0.3, -0.25) is 4.31 Å². The fraction of sp³-hybridized carbons (Fsp3) is 0.375. The number of nitrogens with zero attached hydrogens (tertiary/aromatic N) is 2. The van der Waals surface area contributed by atoms with Gasteiger partial charge in [-0.05, 0) is 6.07 Å². The molecule has 1 aliphatic rings. The van der Waals surface area contributed by atoms with Crippen LogP contribution in [-0.4, -0.2) is 51.6 Å². The third-order valence-electron chi connectivity index (χ3n) is 3.89. The molecule has 130 valence electrons. The molecule has 0 spiro atoms. The Hall–Kier alpha value is -1.87. The van der Waals surface area contributed by atoms with Crippen LogP contribution in [0.5, 0.6) is 0 Å². The molecule has 0 amide bonds. The van der Waals surface area contributed by atoms with Gasteiger partial charge in [-0.25, -0.2) is 0 Å². The number of hydrogen-bond acceptors (Lipinski definition) is 4. The molecule has 2 aromatic rings. The highest BCUT2D eigenvalue weighted by atomic mass is 32.2. The maximum Gasteiger partial charge on any atom is 0.303 e. The number of ether oxygens (including phenoxy) is 2. The Morgan fingerprint density at radius 1 is 1.29 bits per heavy atom. The van der Waals surface area contributed by atoms with E-state index in [0.717, 1.165) is 10.9 Å². The van der Waals surface area contributed by atoms with Crippen molar-refractivity contribution in [2.24, 2.45) is 0 Å². The number of aromatic amines is 1. The van der Waals surface area contributed by atoms with E-state index in [0.29, 0.717) is 24.5 Å². The molecule has 0 radical (unpaired) electrons. The number of fused-ring (bicyclic) bond motifs is 1. The van der Waals surface area contributed by atoms with Gasteiger partial charge in [0.15, 0.2) is 6.29 Å². The lowest BCUT2D eigenvalue weighted by molar-refractivity contribution is -0.0435. The molecule has 1 aliphatic heterocycles. The molecule has 0 aliphatic carbocycles. The van der Waals surface area contributed by atoms with Crippen molar-refractivity contribution in [3.8, 4) is 0 Å². The van der Waals surface area contributed by atoms with Crippen molar-refractivity contribution in [2.45, 2.75) is 6.29 Å². The molecule has 0 bridgehead atoms. The Kier molecular flexibility index (Phi) is 4.64. The first kappa shape index (κ1) is 17.0. The molecular formula is C16H21N3O4S. The van der Waals surface area contributed by atoms with Gasteiger partial charge in [-0.1, -0.05) is 18.2 Å². The predicted octanol–water partition coefficient (Wildman–Crippen LogP) is 2.01. The monoisotopic (exact) mass is 351 g/mol. The summed E-state index contributed by atoms with van der Waals surface area (Å²) in [5.41, 5.74) is 1.92. The topological polar surface area (TPSA) is 74.9 Å². The minimum atomic E-state index is -3.71. The first-order chi connectivity index (χ1) is 11.5. The van der Waals surface area contributed by atoms with Gasteiger partial charge in [0.05, 0.1) is 31.0 Å². The summed E-state index contributed by atoms with van der Waals surface area (Å²) in [5.74, 6) is 0. The third kappa shape index (κ3) is 2.82. The summed E-state index contributed by atoms with van der Waals surface area (Å²) in [7, 11) is -0.706. The number of nitrogens with one attached hydrogen (secondary N) is 1. The molecule has 2 heterocycles. The summed E-state index contributed by atoms with van der Waals surface area (Å²) in [5, 5.41) is 0.912. The molecule has 8 heteroatoms. The number of benzene rings is 1. The third-order valence-corrected chi connectivity index (χ3v) is 5.70. The molecule has 0 unspecified atom stereocenters. The van der Waals surface area contributed by atoms with Crippen molar-refractivity contribution in [3.63, 3.8) is 0 Å². The first-order valence-corrected chi connectivity index (χ1v) is 9.01. The largest absolute Gasteiger partial charge is 0.359 e. The van der Waals surface area contributed by atoms with E-state index < -0.39 is 16.5 Å². The minimum Gasteiger partial charge on any atom is -0.359 e. The quantitative estimate of drug-likeness (QED) is 0.808. The van der Waals surface area contributed by atoms with Crippen LogP contribution in [-0.2, 0) is 19.7 Å². The zero-order valence-electron chi connectivity index (χ0n) is 13.7. The molecule has 7 nitrogen and oxygen atoms in total. The van der Waals surface area contributed by atoms with Crippen molar-refractivity contribution in [3.05, 3.63) is 42.6 Å². The summed E-state index contributed by atoms with van der Waals surface area (Å²) in [6.07, 6.45) is 2.75. The van der Waals surface area contributed by atoms with Gasteiger partial charge < -0.3 is 14.5 Å². The van der Waals surface area contributed by atoms with Gasteiger partial charge in [0, 0.05) is 31.2 Å². The van der Waals surface area contributed by atoms with Crippen LogP contribution in [0.4, 0.5) is 5.69 Å². The SMILES string of the molecule is C=CCN(c1c(C2OCCO2)ccc2cc[nH]c12)S(=O)(=O)N(C)C. The van der Waals surface area contributed by atoms with Gasteiger partial charge >= 0.3 is 10.2 Å². The van der Waals surface area contributed by atoms with Crippen LogP contribution in [0.15, 0.2) is 37.1 Å². The molecule has 1 saturated heterocycles.